The summed E-state index contributed by atoms with van der Waals surface area (Å²) in [5.74, 6) is 0. The van der Waals surface area contributed by atoms with Crippen molar-refractivity contribution in [2.45, 2.75) is 19.8 Å². The molecule has 1 radical (unpaired) electrons. The summed E-state index contributed by atoms with van der Waals surface area (Å²) < 4.78 is 0. The molecule has 2 aliphatic rings. The Morgan fingerprint density at radius 1 is 0.917 bits per heavy atom. The van der Waals surface area contributed by atoms with Crippen LogP contribution in [0.5, 0.6) is 0 Å². The summed E-state index contributed by atoms with van der Waals surface area (Å²) in [6.45, 7) is 2.16. The molecule has 2 aliphatic carbocycles. The minimum atomic E-state index is 0. The van der Waals surface area contributed by atoms with Gasteiger partial charge in [0.15, 0.2) is 0 Å². The van der Waals surface area contributed by atoms with Crippen LogP contribution in [-0.2, 0) is 32.6 Å². The average molecular weight is 431 g/mol. The molecule has 0 unspecified atom stereocenters. The summed E-state index contributed by atoms with van der Waals surface area (Å²) in [6, 6.07) is 15.4. The van der Waals surface area contributed by atoms with Crippen molar-refractivity contribution in [2.24, 2.45) is 0 Å². The molecule has 0 saturated carbocycles. The number of allylic oxidation sites excluding steroid dienone is 6. The molecule has 0 N–H and O–H groups in total. The normalized spacial score (nSPS) is 14.9. The number of benzene rings is 2. The number of hydrogen-bond donors (Lipinski definition) is 0. The maximum Gasteiger partial charge on any atom is 3.00 e. The molecule has 0 aromatic heterocycles. The zero-order valence-electron chi connectivity index (χ0n) is 13.4. The third kappa shape index (κ3) is 3.69. The molecule has 24 heavy (non-hydrogen) atoms. The number of fused-ring (bicyclic) bond motifs is 3. The summed E-state index contributed by atoms with van der Waals surface area (Å²) >= 11 is 0. The smallest absolute Gasteiger partial charge is 1.00 e. The van der Waals surface area contributed by atoms with Crippen molar-refractivity contribution >= 4 is 5.57 Å². The molecule has 0 fully saturated rings. The fourth-order valence-corrected chi connectivity index (χ4v) is 3.32. The second-order valence-corrected chi connectivity index (χ2v) is 5.61. The van der Waals surface area contributed by atoms with Gasteiger partial charge in [-0.1, -0.05) is 66.9 Å². The first-order valence-electron chi connectivity index (χ1n) is 7.59. The third-order valence-electron chi connectivity index (χ3n) is 4.27. The monoisotopic (exact) mass is 429 g/mol. The first-order chi connectivity index (χ1) is 10.4. The molecule has 0 bridgehead atoms. The van der Waals surface area contributed by atoms with Crippen molar-refractivity contribution in [3.63, 3.8) is 0 Å². The van der Waals surface area contributed by atoms with Crippen LogP contribution < -0.4 is 24.8 Å². The van der Waals surface area contributed by atoms with E-state index >= 15 is 0 Å². The zero-order chi connectivity index (χ0) is 14.2. The van der Waals surface area contributed by atoms with Crippen LogP contribution in [0.25, 0.3) is 16.7 Å². The van der Waals surface area contributed by atoms with Crippen LogP contribution >= 0.6 is 0 Å². The van der Waals surface area contributed by atoms with Gasteiger partial charge in [-0.05, 0) is 23.1 Å². The molecule has 4 rings (SSSR count). The SMILES string of the molecule is CCC=C1[C-]=C(c2cccc3c2Cc2ccccc2-3)C=C1.[Cl-].[Cl-].[Zr+3]. The maximum atomic E-state index is 3.53. The molecular formula is C21H17Cl2Zr. The summed E-state index contributed by atoms with van der Waals surface area (Å²) in [6.07, 6.45) is 12.2. The molecular weight excluding hydrogens is 414 g/mol. The van der Waals surface area contributed by atoms with Gasteiger partial charge in [0, 0.05) is 0 Å². The molecule has 0 atom stereocenters. The quantitative estimate of drug-likeness (QED) is 0.474. The van der Waals surface area contributed by atoms with E-state index in [1.165, 1.54) is 39.0 Å². The van der Waals surface area contributed by atoms with E-state index in [1.807, 2.05) is 0 Å². The van der Waals surface area contributed by atoms with E-state index in [0.29, 0.717) is 0 Å². The predicted octanol–water partition coefficient (Wildman–Crippen LogP) is -0.644. The third-order valence-corrected chi connectivity index (χ3v) is 4.27. The van der Waals surface area contributed by atoms with E-state index < -0.39 is 0 Å². The Morgan fingerprint density at radius 2 is 1.62 bits per heavy atom. The van der Waals surface area contributed by atoms with Crippen LogP contribution in [0, 0.1) is 6.08 Å². The molecule has 0 saturated heterocycles. The Hall–Kier alpha value is -0.877. The molecule has 119 valence electrons. The summed E-state index contributed by atoms with van der Waals surface area (Å²) in [5.41, 5.74) is 9.43. The van der Waals surface area contributed by atoms with Gasteiger partial charge in [-0.3, -0.25) is 0 Å². The van der Waals surface area contributed by atoms with Crippen LogP contribution in [-0.4, -0.2) is 0 Å². The second kappa shape index (κ2) is 9.00. The van der Waals surface area contributed by atoms with Crippen molar-refractivity contribution in [3.8, 4) is 11.1 Å². The van der Waals surface area contributed by atoms with Gasteiger partial charge in [-0.2, -0.15) is 12.2 Å². The average Bonchev–Trinajstić information content (AvgIpc) is 3.11. The van der Waals surface area contributed by atoms with E-state index in [-0.39, 0.29) is 51.0 Å². The molecule has 0 nitrogen and oxygen atoms in total. The van der Waals surface area contributed by atoms with Gasteiger partial charge in [-0.15, -0.1) is 23.3 Å². The van der Waals surface area contributed by atoms with Gasteiger partial charge in [0.2, 0.25) is 0 Å². The van der Waals surface area contributed by atoms with Crippen LogP contribution in [0.1, 0.15) is 30.0 Å². The van der Waals surface area contributed by atoms with Crippen molar-refractivity contribution in [1.29, 1.82) is 0 Å². The minimum Gasteiger partial charge on any atom is -1.00 e. The summed E-state index contributed by atoms with van der Waals surface area (Å²) in [7, 11) is 0. The van der Waals surface area contributed by atoms with Crippen LogP contribution in [0.2, 0.25) is 0 Å². The molecule has 3 heteroatoms. The molecule has 0 amide bonds. The van der Waals surface area contributed by atoms with Gasteiger partial charge in [0.05, 0.1) is 0 Å². The molecule has 0 aliphatic heterocycles. The molecule has 2 aromatic carbocycles. The molecule has 0 spiro atoms. The van der Waals surface area contributed by atoms with Crippen molar-refractivity contribution in [3.05, 3.63) is 89.0 Å². The van der Waals surface area contributed by atoms with Crippen molar-refractivity contribution in [2.75, 3.05) is 0 Å². The van der Waals surface area contributed by atoms with Gasteiger partial charge in [-0.25, -0.2) is 0 Å². The first-order valence-corrected chi connectivity index (χ1v) is 7.59. The van der Waals surface area contributed by atoms with Gasteiger partial charge in [0.1, 0.15) is 0 Å². The number of hydrogen-bond acceptors (Lipinski definition) is 0. The van der Waals surface area contributed by atoms with Gasteiger partial charge >= 0.3 is 26.2 Å². The number of halogens is 2. The number of rotatable bonds is 2. The Labute approximate surface area is 175 Å². The standard InChI is InChI=1S/C21H17.2ClH.Zr/c1-2-6-15-11-12-17(13-15)19-9-5-10-20-18-8-4-3-7-16(18)14-21(19)20;;;/h3-12H,2,14H2,1H3;2*1H;/q-1;;;+3/p-2. The maximum absolute atomic E-state index is 3.53. The van der Waals surface area contributed by atoms with E-state index in [9.17, 15) is 0 Å². The van der Waals surface area contributed by atoms with E-state index in [2.05, 4.69) is 73.7 Å². The van der Waals surface area contributed by atoms with Crippen molar-refractivity contribution < 1.29 is 51.0 Å². The topological polar surface area (TPSA) is 0 Å². The Kier molecular flexibility index (Phi) is 7.93. The summed E-state index contributed by atoms with van der Waals surface area (Å²) in [5, 5.41) is 0. The Bertz CT molecular complexity index is 816. The fraction of sp³-hybridized carbons (Fsp3) is 0.143. The van der Waals surface area contributed by atoms with Crippen LogP contribution in [0.3, 0.4) is 0 Å². The largest absolute Gasteiger partial charge is 3.00 e. The van der Waals surface area contributed by atoms with Crippen LogP contribution in [0.15, 0.2) is 66.3 Å². The summed E-state index contributed by atoms with van der Waals surface area (Å²) in [4.78, 5) is 0. The van der Waals surface area contributed by atoms with Crippen LogP contribution in [0.4, 0.5) is 0 Å². The Morgan fingerprint density at radius 3 is 2.42 bits per heavy atom. The first kappa shape index (κ1) is 21.2. The predicted molar refractivity (Wildman–Crippen MR) is 88.8 cm³/mol. The van der Waals surface area contributed by atoms with Crippen molar-refractivity contribution in [1.82, 2.24) is 0 Å². The van der Waals surface area contributed by atoms with Gasteiger partial charge < -0.3 is 24.8 Å². The molecule has 0 heterocycles. The fourth-order valence-electron chi connectivity index (χ4n) is 3.32. The minimum absolute atomic E-state index is 0. The second-order valence-electron chi connectivity index (χ2n) is 5.61. The molecule has 2 aromatic rings. The van der Waals surface area contributed by atoms with Gasteiger partial charge in [0.25, 0.3) is 0 Å². The Balaban J connectivity index is 0.000000960. The van der Waals surface area contributed by atoms with E-state index in [1.54, 1.807) is 0 Å². The van der Waals surface area contributed by atoms with E-state index in [0.717, 1.165) is 12.8 Å². The zero-order valence-corrected chi connectivity index (χ0v) is 17.4. The van der Waals surface area contributed by atoms with E-state index in [4.69, 9.17) is 0 Å².